The van der Waals surface area contributed by atoms with Crippen molar-refractivity contribution in [2.45, 2.75) is 43.4 Å². The largest absolute Gasteiger partial charge is 0.476 e. The molecule has 0 saturated carbocycles. The second-order valence-electron chi connectivity index (χ2n) is 12.3. The summed E-state index contributed by atoms with van der Waals surface area (Å²) in [5, 5.41) is 0.601. The molecule has 3 saturated heterocycles. The van der Waals surface area contributed by atoms with Gasteiger partial charge in [0.2, 0.25) is 11.8 Å². The van der Waals surface area contributed by atoms with Gasteiger partial charge in [0, 0.05) is 43.1 Å². The zero-order chi connectivity index (χ0) is 30.9. The van der Waals surface area contributed by atoms with Gasteiger partial charge < -0.3 is 24.8 Å². The number of terminal acetylenes is 1. The molecule has 9 nitrogen and oxygen atoms in total. The van der Waals surface area contributed by atoms with Gasteiger partial charge in [-0.1, -0.05) is 5.92 Å². The molecule has 3 atom stereocenters. The summed E-state index contributed by atoms with van der Waals surface area (Å²) in [4.78, 5) is 17.9. The minimum Gasteiger partial charge on any atom is -0.476 e. The molecular weight excluding hydrogens is 585 g/mol. The van der Waals surface area contributed by atoms with Gasteiger partial charge in [-0.25, -0.2) is 28.1 Å². The first kappa shape index (κ1) is 28.2. The highest BCUT2D eigenvalue weighted by Gasteiger charge is 2.49. The van der Waals surface area contributed by atoms with E-state index in [0.29, 0.717) is 49.3 Å². The molecule has 3 fully saturated rings. The first-order chi connectivity index (χ1) is 21.8. The summed E-state index contributed by atoms with van der Waals surface area (Å²) in [5.41, 5.74) is 6.59. The molecule has 3 aromatic heterocycles. The first-order valence-corrected chi connectivity index (χ1v) is 15.2. The van der Waals surface area contributed by atoms with E-state index in [4.69, 9.17) is 26.4 Å². The number of halogens is 3. The number of ether oxygens (including phenoxy) is 3. The smallest absolute Gasteiger partial charge is 0.225 e. The number of alkyl halides is 1. The van der Waals surface area contributed by atoms with E-state index >= 15 is 4.39 Å². The van der Waals surface area contributed by atoms with E-state index in [1.165, 1.54) is 18.2 Å². The first-order valence-electron chi connectivity index (χ1n) is 15.2. The van der Waals surface area contributed by atoms with Crippen LogP contribution in [0.1, 0.15) is 31.2 Å². The number of fused-ring (bicyclic) bond motifs is 4. The number of hydrogen-bond acceptors (Lipinski definition) is 9. The Labute approximate surface area is 257 Å². The average molecular weight is 617 g/mol. The standard InChI is InChI=1S/C33H31F3N6O3/c1-2-20-22(35)5-6-23-27(20)21(11-25(37)38-23)30-29(36)31-28-24(42-9-4-10-43-15-19(42)16-44-32(28)40-30)12-26(39-31)45-17-33-7-3-8-41(33)14-18(34)13-33/h1,5-6,11-12,18-19H,3-4,7-10,13-17H2,(H2,37,38)/t18-,19+,33+/m1/s1. The van der Waals surface area contributed by atoms with Crippen molar-refractivity contribution >= 4 is 33.3 Å². The molecule has 0 aliphatic carbocycles. The van der Waals surface area contributed by atoms with E-state index in [1.807, 2.05) is 0 Å². The Hall–Kier alpha value is -4.34. The minimum absolute atomic E-state index is 0.0222. The van der Waals surface area contributed by atoms with Crippen molar-refractivity contribution in [1.82, 2.24) is 19.9 Å². The van der Waals surface area contributed by atoms with Crippen LogP contribution in [-0.2, 0) is 4.74 Å². The van der Waals surface area contributed by atoms with Gasteiger partial charge in [-0.3, -0.25) is 4.90 Å². The normalized spacial score (nSPS) is 24.5. The second kappa shape index (κ2) is 10.6. The fourth-order valence-electron chi connectivity index (χ4n) is 7.55. The van der Waals surface area contributed by atoms with Crippen LogP contribution in [0.5, 0.6) is 11.8 Å². The topological polar surface area (TPSA) is 98.9 Å². The van der Waals surface area contributed by atoms with Crippen LogP contribution in [-0.4, -0.2) is 83.7 Å². The van der Waals surface area contributed by atoms with Crippen LogP contribution in [0.25, 0.3) is 33.1 Å². The molecule has 0 unspecified atom stereocenters. The molecule has 45 heavy (non-hydrogen) atoms. The monoisotopic (exact) mass is 616 g/mol. The summed E-state index contributed by atoms with van der Waals surface area (Å²) in [6.45, 7) is 3.33. The highest BCUT2D eigenvalue weighted by Crippen LogP contribution is 2.45. The van der Waals surface area contributed by atoms with Crippen LogP contribution in [0.4, 0.5) is 24.7 Å². The van der Waals surface area contributed by atoms with Crippen molar-refractivity contribution in [3.8, 4) is 35.4 Å². The number of benzene rings is 1. The van der Waals surface area contributed by atoms with E-state index in [1.54, 1.807) is 6.07 Å². The van der Waals surface area contributed by atoms with Gasteiger partial charge in [-0.05, 0) is 44.0 Å². The van der Waals surface area contributed by atoms with Crippen molar-refractivity contribution in [3.63, 3.8) is 0 Å². The van der Waals surface area contributed by atoms with Crippen molar-refractivity contribution in [2.24, 2.45) is 0 Å². The molecule has 232 valence electrons. The fraction of sp³-hybridized carbons (Fsp3) is 0.424. The SMILES string of the molecule is C#Cc1c(F)ccc2nc(N)cc(-c3nc4c5c(cc(OC[C@@]67CCCN6C[C@H](F)C7)nc5c3F)N3CCCOC[C@H]3CO4)c12. The molecule has 12 heteroatoms. The van der Waals surface area contributed by atoms with Crippen LogP contribution in [0.2, 0.25) is 0 Å². The molecule has 7 heterocycles. The van der Waals surface area contributed by atoms with Crippen molar-refractivity contribution in [1.29, 1.82) is 0 Å². The van der Waals surface area contributed by atoms with Crippen LogP contribution in [0.3, 0.4) is 0 Å². The summed E-state index contributed by atoms with van der Waals surface area (Å²) >= 11 is 0. The maximum atomic E-state index is 17.0. The molecule has 4 aliphatic rings. The lowest BCUT2D eigenvalue weighted by Crippen LogP contribution is -2.43. The van der Waals surface area contributed by atoms with Crippen molar-refractivity contribution in [3.05, 3.63) is 41.5 Å². The lowest BCUT2D eigenvalue weighted by Gasteiger charge is -2.32. The number of hydrogen-bond donors (Lipinski definition) is 1. The average Bonchev–Trinajstić information content (AvgIpc) is 3.38. The van der Waals surface area contributed by atoms with E-state index in [-0.39, 0.29) is 64.6 Å². The summed E-state index contributed by atoms with van der Waals surface area (Å²) in [6.07, 6.45) is 7.74. The van der Waals surface area contributed by atoms with Crippen molar-refractivity contribution < 1.29 is 27.4 Å². The molecular formula is C33H31F3N6O3. The molecule has 2 N–H and O–H groups in total. The quantitative estimate of drug-likeness (QED) is 0.329. The number of nitrogen functional groups attached to an aromatic ring is 1. The summed E-state index contributed by atoms with van der Waals surface area (Å²) < 4.78 is 64.8. The van der Waals surface area contributed by atoms with E-state index < -0.39 is 23.3 Å². The molecule has 0 bridgehead atoms. The van der Waals surface area contributed by atoms with Crippen molar-refractivity contribution in [2.75, 3.05) is 56.7 Å². The van der Waals surface area contributed by atoms with Gasteiger partial charge in [0.15, 0.2) is 5.82 Å². The zero-order valence-corrected chi connectivity index (χ0v) is 24.5. The maximum absolute atomic E-state index is 17.0. The predicted octanol–water partition coefficient (Wildman–Crippen LogP) is 4.63. The third-order valence-corrected chi connectivity index (χ3v) is 9.57. The number of rotatable bonds is 4. The summed E-state index contributed by atoms with van der Waals surface area (Å²) in [6, 6.07) is 5.69. The predicted molar refractivity (Wildman–Crippen MR) is 163 cm³/mol. The Morgan fingerprint density at radius 3 is 2.87 bits per heavy atom. The van der Waals surface area contributed by atoms with Crippen LogP contribution in [0, 0.1) is 24.0 Å². The Morgan fingerprint density at radius 1 is 1.11 bits per heavy atom. The Bertz CT molecular complexity index is 1900. The molecule has 0 radical (unpaired) electrons. The van der Waals surface area contributed by atoms with E-state index in [9.17, 15) is 8.78 Å². The Kier molecular flexibility index (Phi) is 6.65. The highest BCUT2D eigenvalue weighted by atomic mass is 19.1. The molecule has 4 aliphatic heterocycles. The van der Waals surface area contributed by atoms with Gasteiger partial charge in [-0.15, -0.1) is 6.42 Å². The maximum Gasteiger partial charge on any atom is 0.225 e. The van der Waals surface area contributed by atoms with E-state index in [2.05, 4.69) is 30.7 Å². The lowest BCUT2D eigenvalue weighted by molar-refractivity contribution is 0.111. The molecule has 4 aromatic rings. The van der Waals surface area contributed by atoms with Gasteiger partial charge in [0.05, 0.1) is 40.3 Å². The molecule has 0 spiro atoms. The number of nitrogens with zero attached hydrogens (tertiary/aromatic N) is 5. The zero-order valence-electron chi connectivity index (χ0n) is 24.5. The van der Waals surface area contributed by atoms with Crippen LogP contribution < -0.4 is 20.1 Å². The number of aromatic nitrogens is 3. The van der Waals surface area contributed by atoms with Crippen LogP contribution >= 0.6 is 0 Å². The Balaban J connectivity index is 1.33. The highest BCUT2D eigenvalue weighted by molar-refractivity contribution is 6.03. The number of nitrogens with two attached hydrogens (primary N) is 1. The summed E-state index contributed by atoms with van der Waals surface area (Å²) in [7, 11) is 0. The summed E-state index contributed by atoms with van der Waals surface area (Å²) in [5.74, 6) is 1.42. The molecule has 8 rings (SSSR count). The van der Waals surface area contributed by atoms with E-state index in [0.717, 1.165) is 25.8 Å². The Morgan fingerprint density at radius 2 is 2.00 bits per heavy atom. The van der Waals surface area contributed by atoms with Gasteiger partial charge in [0.25, 0.3) is 0 Å². The second-order valence-corrected chi connectivity index (χ2v) is 12.3. The fourth-order valence-corrected chi connectivity index (χ4v) is 7.55. The van der Waals surface area contributed by atoms with Gasteiger partial charge in [0.1, 0.15) is 42.2 Å². The van der Waals surface area contributed by atoms with Crippen LogP contribution in [0.15, 0.2) is 24.3 Å². The molecule has 1 aromatic carbocycles. The minimum atomic E-state index is -0.910. The lowest BCUT2D eigenvalue weighted by atomic mass is 9.95. The third kappa shape index (κ3) is 4.51. The van der Waals surface area contributed by atoms with Gasteiger partial charge in [-0.2, -0.15) is 0 Å². The molecule has 0 amide bonds. The number of pyridine rings is 3. The van der Waals surface area contributed by atoms with Gasteiger partial charge >= 0.3 is 0 Å². The third-order valence-electron chi connectivity index (χ3n) is 9.57. The number of anilines is 2.